The highest BCUT2D eigenvalue weighted by Crippen LogP contribution is 2.16. The zero-order valence-electron chi connectivity index (χ0n) is 9.82. The van der Waals surface area contributed by atoms with E-state index in [4.69, 9.17) is 11.6 Å². The highest BCUT2D eigenvalue weighted by Gasteiger charge is 2.18. The van der Waals surface area contributed by atoms with Crippen LogP contribution in [0.5, 0.6) is 0 Å². The lowest BCUT2D eigenvalue weighted by molar-refractivity contribution is 0.118. The van der Waals surface area contributed by atoms with Crippen molar-refractivity contribution in [2.75, 3.05) is 46.2 Å². The van der Waals surface area contributed by atoms with E-state index in [1.54, 1.807) is 0 Å². The van der Waals surface area contributed by atoms with Gasteiger partial charge in [0.05, 0.1) is 6.10 Å². The summed E-state index contributed by atoms with van der Waals surface area (Å²) in [5.41, 5.74) is 0. The van der Waals surface area contributed by atoms with Crippen molar-refractivity contribution in [1.82, 2.24) is 9.80 Å². The van der Waals surface area contributed by atoms with E-state index in [1.807, 2.05) is 0 Å². The van der Waals surface area contributed by atoms with Crippen LogP contribution in [0.1, 0.15) is 12.8 Å². The molecule has 3 nitrogen and oxygen atoms in total. The van der Waals surface area contributed by atoms with Crippen molar-refractivity contribution in [2.45, 2.75) is 18.9 Å². The number of aliphatic hydroxyl groups is 1. The minimum absolute atomic E-state index is 0.331. The molecule has 1 heterocycles. The fourth-order valence-corrected chi connectivity index (χ4v) is 2.27. The van der Waals surface area contributed by atoms with Crippen LogP contribution in [0.15, 0.2) is 0 Å². The molecule has 0 aromatic heterocycles. The van der Waals surface area contributed by atoms with Gasteiger partial charge in [-0.05, 0) is 45.9 Å². The minimum Gasteiger partial charge on any atom is -0.391 e. The van der Waals surface area contributed by atoms with Gasteiger partial charge >= 0.3 is 0 Å². The van der Waals surface area contributed by atoms with Gasteiger partial charge in [0.1, 0.15) is 0 Å². The summed E-state index contributed by atoms with van der Waals surface area (Å²) in [6.07, 6.45) is 2.17. The van der Waals surface area contributed by atoms with E-state index >= 15 is 0 Å². The number of rotatable bonds is 5. The zero-order chi connectivity index (χ0) is 11.3. The van der Waals surface area contributed by atoms with Gasteiger partial charge in [0, 0.05) is 19.0 Å². The molecule has 1 N–H and O–H groups in total. The first-order chi connectivity index (χ1) is 7.11. The van der Waals surface area contributed by atoms with Crippen LogP contribution in [0.25, 0.3) is 0 Å². The van der Waals surface area contributed by atoms with Gasteiger partial charge < -0.3 is 14.9 Å². The maximum atomic E-state index is 9.42. The number of hydrogen-bond acceptors (Lipinski definition) is 3. The number of alkyl halides is 1. The summed E-state index contributed by atoms with van der Waals surface area (Å²) >= 11 is 5.57. The van der Waals surface area contributed by atoms with Gasteiger partial charge in [-0.1, -0.05) is 0 Å². The average Bonchev–Trinajstić information content (AvgIpc) is 2.21. The maximum absolute atomic E-state index is 9.42. The number of piperidine rings is 1. The quantitative estimate of drug-likeness (QED) is 0.715. The number of aliphatic hydroxyl groups excluding tert-OH is 1. The number of halogens is 1. The topological polar surface area (TPSA) is 26.7 Å². The Balaban J connectivity index is 2.17. The van der Waals surface area contributed by atoms with Crippen LogP contribution in [0.4, 0.5) is 0 Å². The summed E-state index contributed by atoms with van der Waals surface area (Å²) in [7, 11) is 4.24. The molecule has 1 unspecified atom stereocenters. The second-order valence-electron chi connectivity index (χ2n) is 4.78. The van der Waals surface area contributed by atoms with Crippen molar-refractivity contribution in [1.29, 1.82) is 0 Å². The fourth-order valence-electron chi connectivity index (χ4n) is 2.17. The Labute approximate surface area is 98.0 Å². The zero-order valence-corrected chi connectivity index (χ0v) is 10.6. The summed E-state index contributed by atoms with van der Waals surface area (Å²) in [6, 6.07) is 0. The van der Waals surface area contributed by atoms with Gasteiger partial charge in [0.25, 0.3) is 0 Å². The van der Waals surface area contributed by atoms with E-state index in [9.17, 15) is 5.11 Å². The first-order valence-corrected chi connectivity index (χ1v) is 6.26. The molecule has 0 saturated carbocycles. The third-order valence-corrected chi connectivity index (χ3v) is 3.46. The van der Waals surface area contributed by atoms with Crippen molar-refractivity contribution in [3.8, 4) is 0 Å². The molecule has 1 aliphatic heterocycles. The monoisotopic (exact) mass is 234 g/mol. The Hall–Kier alpha value is 0.170. The molecule has 1 rings (SSSR count). The van der Waals surface area contributed by atoms with Crippen LogP contribution in [0, 0.1) is 5.92 Å². The fraction of sp³-hybridized carbons (Fsp3) is 1.00. The van der Waals surface area contributed by atoms with Crippen LogP contribution >= 0.6 is 11.6 Å². The lowest BCUT2D eigenvalue weighted by Crippen LogP contribution is -2.38. The predicted molar refractivity (Wildman–Crippen MR) is 64.4 cm³/mol. The third-order valence-electron chi connectivity index (χ3n) is 3.11. The summed E-state index contributed by atoms with van der Waals surface area (Å²) in [6.45, 7) is 4.19. The summed E-state index contributed by atoms with van der Waals surface area (Å²) in [5.74, 6) is 1.12. The van der Waals surface area contributed by atoms with Crippen molar-refractivity contribution in [3.05, 3.63) is 0 Å². The molecule has 0 bridgehead atoms. The van der Waals surface area contributed by atoms with Gasteiger partial charge in [-0.3, -0.25) is 0 Å². The molecule has 0 spiro atoms. The van der Waals surface area contributed by atoms with Gasteiger partial charge in [-0.2, -0.15) is 0 Å². The molecule has 1 fully saturated rings. The van der Waals surface area contributed by atoms with Crippen LogP contribution in [-0.4, -0.2) is 67.2 Å². The van der Waals surface area contributed by atoms with Gasteiger partial charge in [0.2, 0.25) is 0 Å². The number of nitrogens with zero attached hydrogens (tertiary/aromatic N) is 2. The average molecular weight is 235 g/mol. The normalized spacial score (nSPS) is 22.2. The molecule has 0 amide bonds. The van der Waals surface area contributed by atoms with Crippen LogP contribution in [0.3, 0.4) is 0 Å². The Kier molecular flexibility index (Phi) is 5.90. The lowest BCUT2D eigenvalue weighted by atomic mass is 9.96. The van der Waals surface area contributed by atoms with Gasteiger partial charge in [-0.15, -0.1) is 11.6 Å². The molecule has 90 valence electrons. The molecular weight excluding hydrogens is 212 g/mol. The maximum Gasteiger partial charge on any atom is 0.0802 e. The molecule has 1 aliphatic rings. The van der Waals surface area contributed by atoms with Gasteiger partial charge in [0.15, 0.2) is 0 Å². The second-order valence-corrected chi connectivity index (χ2v) is 5.08. The largest absolute Gasteiger partial charge is 0.391 e. The van der Waals surface area contributed by atoms with Crippen molar-refractivity contribution in [2.24, 2.45) is 5.92 Å². The first-order valence-electron chi connectivity index (χ1n) is 5.73. The van der Waals surface area contributed by atoms with Crippen molar-refractivity contribution < 1.29 is 5.11 Å². The highest BCUT2D eigenvalue weighted by atomic mass is 35.5. The molecule has 0 aromatic carbocycles. The summed E-state index contributed by atoms with van der Waals surface area (Å²) in [4.78, 5) is 4.58. The smallest absolute Gasteiger partial charge is 0.0802 e. The first kappa shape index (κ1) is 13.2. The van der Waals surface area contributed by atoms with E-state index in [0.29, 0.717) is 12.4 Å². The van der Waals surface area contributed by atoms with E-state index in [0.717, 1.165) is 12.5 Å². The highest BCUT2D eigenvalue weighted by molar-refractivity contribution is 6.18. The van der Waals surface area contributed by atoms with Crippen LogP contribution in [0.2, 0.25) is 0 Å². The third kappa shape index (κ3) is 5.16. The predicted octanol–water partition coefficient (Wildman–Crippen LogP) is 0.860. The minimum atomic E-state index is -0.386. The molecule has 1 atom stereocenters. The van der Waals surface area contributed by atoms with E-state index in [-0.39, 0.29) is 6.10 Å². The van der Waals surface area contributed by atoms with Crippen LogP contribution < -0.4 is 0 Å². The Morgan fingerprint density at radius 2 is 2.07 bits per heavy atom. The molecule has 0 aromatic rings. The van der Waals surface area contributed by atoms with E-state index in [2.05, 4.69) is 23.9 Å². The SMILES string of the molecule is CN1CCC(CN(C)CC(O)CCl)CC1. The summed E-state index contributed by atoms with van der Waals surface area (Å²) < 4.78 is 0. The standard InChI is InChI=1S/C11H23ClN2O/c1-13-5-3-10(4-6-13)8-14(2)9-11(15)7-12/h10-11,15H,3-9H2,1-2H3. The molecule has 0 radical (unpaired) electrons. The summed E-state index contributed by atoms with van der Waals surface area (Å²) in [5, 5.41) is 9.42. The lowest BCUT2D eigenvalue weighted by Gasteiger charge is -2.32. The van der Waals surface area contributed by atoms with Crippen LogP contribution in [-0.2, 0) is 0 Å². The van der Waals surface area contributed by atoms with Gasteiger partial charge in [-0.25, -0.2) is 0 Å². The Bertz CT molecular complexity index is 172. The molecule has 1 saturated heterocycles. The van der Waals surface area contributed by atoms with E-state index < -0.39 is 0 Å². The Morgan fingerprint density at radius 1 is 1.47 bits per heavy atom. The van der Waals surface area contributed by atoms with E-state index in [1.165, 1.54) is 25.9 Å². The number of likely N-dealkylation sites (tertiary alicyclic amines) is 1. The van der Waals surface area contributed by atoms with Crippen molar-refractivity contribution >= 4 is 11.6 Å². The number of hydrogen-bond donors (Lipinski definition) is 1. The Morgan fingerprint density at radius 3 is 2.60 bits per heavy atom. The number of likely N-dealkylation sites (N-methyl/N-ethyl adjacent to an activating group) is 1. The molecular formula is C11H23ClN2O. The molecule has 15 heavy (non-hydrogen) atoms. The second kappa shape index (κ2) is 6.69. The molecule has 0 aliphatic carbocycles. The van der Waals surface area contributed by atoms with Crippen molar-refractivity contribution in [3.63, 3.8) is 0 Å². The molecule has 4 heteroatoms.